The summed E-state index contributed by atoms with van der Waals surface area (Å²) in [5.41, 5.74) is 1.31. The van der Waals surface area contributed by atoms with E-state index in [0.717, 1.165) is 5.69 Å². The third-order valence-corrected chi connectivity index (χ3v) is 2.07. The first-order valence-corrected chi connectivity index (χ1v) is 4.31. The van der Waals surface area contributed by atoms with Crippen LogP contribution in [0.15, 0.2) is 18.2 Å². The second kappa shape index (κ2) is 3.38. The van der Waals surface area contributed by atoms with Crippen LogP contribution in [0.3, 0.4) is 0 Å². The lowest BCUT2D eigenvalue weighted by Crippen LogP contribution is -2.20. The van der Waals surface area contributed by atoms with Crippen molar-refractivity contribution < 1.29 is 4.74 Å². The van der Waals surface area contributed by atoms with Crippen LogP contribution in [-0.2, 0) is 0 Å². The van der Waals surface area contributed by atoms with Crippen molar-refractivity contribution in [1.29, 1.82) is 10.7 Å². The van der Waals surface area contributed by atoms with Crippen molar-refractivity contribution in [2.45, 2.75) is 0 Å². The predicted octanol–water partition coefficient (Wildman–Crippen LogP) is 1.38. The number of benzene rings is 1. The zero-order valence-corrected chi connectivity index (χ0v) is 7.50. The summed E-state index contributed by atoms with van der Waals surface area (Å²) in [6.45, 7) is 1.33. The molecule has 1 aromatic rings. The largest absolute Gasteiger partial charge is 0.490 e. The van der Waals surface area contributed by atoms with Crippen molar-refractivity contribution in [1.82, 2.24) is 0 Å². The van der Waals surface area contributed by atoms with Gasteiger partial charge in [0.2, 0.25) is 0 Å². The van der Waals surface area contributed by atoms with Crippen LogP contribution in [0.2, 0.25) is 0 Å². The summed E-state index contributed by atoms with van der Waals surface area (Å²) < 4.78 is 5.39. The van der Waals surface area contributed by atoms with E-state index in [1.165, 1.54) is 0 Å². The number of nitriles is 1. The number of hydrogen-bond acceptors (Lipinski definition) is 4. The van der Waals surface area contributed by atoms with E-state index in [-0.39, 0.29) is 5.71 Å². The molecule has 0 aliphatic carbocycles. The third kappa shape index (κ3) is 1.29. The fourth-order valence-electron chi connectivity index (χ4n) is 1.44. The molecule has 0 spiro atoms. The molecule has 4 heteroatoms. The smallest absolute Gasteiger partial charge is 0.143 e. The highest BCUT2D eigenvalue weighted by Gasteiger charge is 2.15. The highest BCUT2D eigenvalue weighted by Crippen LogP contribution is 2.30. The van der Waals surface area contributed by atoms with Gasteiger partial charge >= 0.3 is 0 Å². The number of rotatable bonds is 1. The number of hydrogen-bond donors (Lipinski definition) is 2. The fraction of sp³-hybridized carbons (Fsp3) is 0.200. The molecule has 0 saturated heterocycles. The highest BCUT2D eigenvalue weighted by molar-refractivity contribution is 6.13. The number of nitrogens with one attached hydrogen (secondary N) is 2. The van der Waals surface area contributed by atoms with Gasteiger partial charge in [0.15, 0.2) is 0 Å². The maximum absolute atomic E-state index is 8.65. The van der Waals surface area contributed by atoms with E-state index in [4.69, 9.17) is 15.4 Å². The van der Waals surface area contributed by atoms with Gasteiger partial charge < -0.3 is 10.1 Å². The predicted molar refractivity (Wildman–Crippen MR) is 52.9 cm³/mol. The van der Waals surface area contributed by atoms with E-state index >= 15 is 0 Å². The first kappa shape index (κ1) is 8.57. The lowest BCUT2D eigenvalue weighted by molar-refractivity contribution is 0.323. The molecular formula is C10H9N3O. The van der Waals surface area contributed by atoms with Crippen molar-refractivity contribution >= 4 is 11.4 Å². The molecule has 2 N–H and O–H groups in total. The minimum absolute atomic E-state index is 0.0418. The Kier molecular flexibility index (Phi) is 2.07. The maximum Gasteiger partial charge on any atom is 0.143 e. The Bertz CT molecular complexity index is 420. The lowest BCUT2D eigenvalue weighted by Gasteiger charge is -2.20. The van der Waals surface area contributed by atoms with Crippen LogP contribution >= 0.6 is 0 Å². The molecule has 0 saturated carbocycles. The SMILES string of the molecule is N#CC(=N)c1cccc2c1NCCO2. The number of para-hydroxylation sites is 1. The van der Waals surface area contributed by atoms with Gasteiger partial charge in [0.05, 0.1) is 5.69 Å². The average Bonchev–Trinajstić information content (AvgIpc) is 2.27. The number of fused-ring (bicyclic) bond motifs is 1. The summed E-state index contributed by atoms with van der Waals surface area (Å²) in [6, 6.07) is 7.18. The van der Waals surface area contributed by atoms with Gasteiger partial charge in [-0.15, -0.1) is 0 Å². The Morgan fingerprint density at radius 3 is 3.21 bits per heavy atom. The van der Waals surface area contributed by atoms with Crippen molar-refractivity contribution in [3.8, 4) is 11.8 Å². The summed E-state index contributed by atoms with van der Waals surface area (Å²) in [4.78, 5) is 0. The molecule has 0 radical (unpaired) electrons. The second-order valence-corrected chi connectivity index (χ2v) is 2.94. The second-order valence-electron chi connectivity index (χ2n) is 2.94. The highest BCUT2D eigenvalue weighted by atomic mass is 16.5. The summed E-state index contributed by atoms with van der Waals surface area (Å²) in [5, 5.41) is 19.2. The van der Waals surface area contributed by atoms with E-state index in [2.05, 4.69) is 5.32 Å². The molecule has 1 aromatic carbocycles. The zero-order valence-electron chi connectivity index (χ0n) is 7.50. The van der Waals surface area contributed by atoms with Gasteiger partial charge in [0.25, 0.3) is 0 Å². The molecule has 0 unspecified atom stereocenters. The standard InChI is InChI=1S/C10H9N3O/c11-6-8(12)7-2-1-3-9-10(7)13-4-5-14-9/h1-3,12-13H,4-5H2. The van der Waals surface area contributed by atoms with E-state index in [9.17, 15) is 0 Å². The first-order valence-electron chi connectivity index (χ1n) is 4.31. The topological polar surface area (TPSA) is 68.9 Å². The molecule has 0 atom stereocenters. The van der Waals surface area contributed by atoms with Crippen LogP contribution in [0.4, 0.5) is 5.69 Å². The molecule has 0 fully saturated rings. The van der Waals surface area contributed by atoms with Gasteiger partial charge in [0.1, 0.15) is 24.1 Å². The molecule has 70 valence electrons. The molecule has 0 amide bonds. The Balaban J connectivity index is 2.51. The molecular weight excluding hydrogens is 178 g/mol. The third-order valence-electron chi connectivity index (χ3n) is 2.07. The van der Waals surface area contributed by atoms with Crippen LogP contribution in [0, 0.1) is 16.7 Å². The van der Waals surface area contributed by atoms with Crippen molar-refractivity contribution in [3.05, 3.63) is 23.8 Å². The molecule has 2 rings (SSSR count). The zero-order chi connectivity index (χ0) is 9.97. The molecule has 0 aromatic heterocycles. The van der Waals surface area contributed by atoms with Crippen molar-refractivity contribution in [2.75, 3.05) is 18.5 Å². The van der Waals surface area contributed by atoms with Crippen LogP contribution in [0.1, 0.15) is 5.56 Å². The number of ether oxygens (including phenoxy) is 1. The van der Waals surface area contributed by atoms with Crippen LogP contribution in [-0.4, -0.2) is 18.9 Å². The quantitative estimate of drug-likeness (QED) is 0.652. The Morgan fingerprint density at radius 1 is 1.57 bits per heavy atom. The van der Waals surface area contributed by atoms with Gasteiger partial charge in [-0.1, -0.05) is 6.07 Å². The van der Waals surface area contributed by atoms with E-state index in [0.29, 0.717) is 24.5 Å². The Labute approximate surface area is 81.6 Å². The Morgan fingerprint density at radius 2 is 2.43 bits per heavy atom. The number of anilines is 1. The monoisotopic (exact) mass is 187 g/mol. The van der Waals surface area contributed by atoms with Gasteiger partial charge in [-0.05, 0) is 12.1 Å². The molecule has 1 aliphatic rings. The fourth-order valence-corrected chi connectivity index (χ4v) is 1.44. The minimum Gasteiger partial charge on any atom is -0.490 e. The molecule has 1 aliphatic heterocycles. The molecule has 14 heavy (non-hydrogen) atoms. The minimum atomic E-state index is -0.0418. The lowest BCUT2D eigenvalue weighted by atomic mass is 10.1. The van der Waals surface area contributed by atoms with Crippen LogP contribution < -0.4 is 10.1 Å². The van der Waals surface area contributed by atoms with Crippen molar-refractivity contribution in [2.24, 2.45) is 0 Å². The summed E-state index contributed by atoms with van der Waals surface area (Å²) >= 11 is 0. The maximum atomic E-state index is 8.65. The first-order chi connectivity index (χ1) is 6.83. The van der Waals surface area contributed by atoms with E-state index < -0.39 is 0 Å². The van der Waals surface area contributed by atoms with Crippen LogP contribution in [0.25, 0.3) is 0 Å². The van der Waals surface area contributed by atoms with Gasteiger partial charge in [-0.25, -0.2) is 0 Å². The molecule has 4 nitrogen and oxygen atoms in total. The summed E-state index contributed by atoms with van der Waals surface area (Å²) in [6.07, 6.45) is 0. The summed E-state index contributed by atoms with van der Waals surface area (Å²) in [5.74, 6) is 0.716. The van der Waals surface area contributed by atoms with E-state index in [1.807, 2.05) is 12.1 Å². The normalized spacial score (nSPS) is 13.1. The van der Waals surface area contributed by atoms with Gasteiger partial charge in [-0.2, -0.15) is 5.26 Å². The summed E-state index contributed by atoms with van der Waals surface area (Å²) in [7, 11) is 0. The molecule has 0 bridgehead atoms. The van der Waals surface area contributed by atoms with Crippen molar-refractivity contribution in [3.63, 3.8) is 0 Å². The number of nitrogens with zero attached hydrogens (tertiary/aromatic N) is 1. The van der Waals surface area contributed by atoms with E-state index in [1.54, 1.807) is 12.1 Å². The average molecular weight is 187 g/mol. The molecule has 1 heterocycles. The van der Waals surface area contributed by atoms with Gasteiger partial charge in [0, 0.05) is 12.1 Å². The van der Waals surface area contributed by atoms with Gasteiger partial charge in [-0.3, -0.25) is 5.41 Å². The van der Waals surface area contributed by atoms with Crippen LogP contribution in [0.5, 0.6) is 5.75 Å². The Hall–Kier alpha value is -2.02.